The van der Waals surface area contributed by atoms with Crippen molar-refractivity contribution < 1.29 is 14.3 Å². The van der Waals surface area contributed by atoms with Gasteiger partial charge >= 0.3 is 0 Å². The Kier molecular flexibility index (Phi) is 6.11. The van der Waals surface area contributed by atoms with E-state index in [2.05, 4.69) is 4.98 Å². The fraction of sp³-hybridized carbons (Fsp3) is 0.450. The van der Waals surface area contributed by atoms with Gasteiger partial charge in [0.25, 0.3) is 0 Å². The Bertz CT molecular complexity index is 802. The van der Waals surface area contributed by atoms with Crippen LogP contribution in [0.5, 0.6) is 5.75 Å². The molecular formula is C20H26N4O3. The summed E-state index contributed by atoms with van der Waals surface area (Å²) < 4.78 is 7.15. The number of piperidine rings is 1. The Morgan fingerprint density at radius 3 is 2.93 bits per heavy atom. The van der Waals surface area contributed by atoms with Gasteiger partial charge in [-0.2, -0.15) is 0 Å². The van der Waals surface area contributed by atoms with Gasteiger partial charge in [0, 0.05) is 37.8 Å². The number of nitrogens with two attached hydrogens (primary N) is 1. The lowest BCUT2D eigenvalue weighted by atomic mass is 9.96. The summed E-state index contributed by atoms with van der Waals surface area (Å²) in [5.74, 6) is 1.52. The molecule has 1 fully saturated rings. The van der Waals surface area contributed by atoms with Crippen molar-refractivity contribution in [2.45, 2.75) is 38.1 Å². The van der Waals surface area contributed by atoms with Gasteiger partial charge in [-0.15, -0.1) is 0 Å². The van der Waals surface area contributed by atoms with Crippen LogP contribution >= 0.6 is 0 Å². The van der Waals surface area contributed by atoms with Gasteiger partial charge in [0.2, 0.25) is 11.8 Å². The zero-order valence-electron chi connectivity index (χ0n) is 15.6. The number of hydrogen-bond donors (Lipinski definition) is 1. The molecule has 2 aromatic rings. The molecule has 0 bridgehead atoms. The van der Waals surface area contributed by atoms with Crippen LogP contribution in [-0.4, -0.2) is 46.5 Å². The van der Waals surface area contributed by atoms with Crippen LogP contribution in [0.1, 0.15) is 36.6 Å². The molecule has 144 valence electrons. The normalized spacial score (nSPS) is 16.9. The number of amides is 2. The van der Waals surface area contributed by atoms with Crippen LogP contribution in [0.3, 0.4) is 0 Å². The van der Waals surface area contributed by atoms with Crippen molar-refractivity contribution in [2.24, 2.45) is 5.73 Å². The van der Waals surface area contributed by atoms with E-state index in [1.807, 2.05) is 29.2 Å². The minimum Gasteiger partial charge on any atom is -0.496 e. The SMILES string of the molecule is COc1ccccc1CCC(=O)N1CCC[C@H](c2nccn2CC(N)=O)C1. The number of hydrogen-bond acceptors (Lipinski definition) is 4. The molecule has 0 saturated carbocycles. The lowest BCUT2D eigenvalue weighted by Gasteiger charge is -2.32. The highest BCUT2D eigenvalue weighted by Gasteiger charge is 2.27. The summed E-state index contributed by atoms with van der Waals surface area (Å²) in [7, 11) is 1.64. The highest BCUT2D eigenvalue weighted by molar-refractivity contribution is 5.76. The molecule has 0 radical (unpaired) electrons. The molecule has 0 unspecified atom stereocenters. The number of imidazole rings is 1. The number of rotatable bonds is 7. The van der Waals surface area contributed by atoms with E-state index >= 15 is 0 Å². The lowest BCUT2D eigenvalue weighted by Crippen LogP contribution is -2.40. The molecule has 7 heteroatoms. The van der Waals surface area contributed by atoms with Crippen molar-refractivity contribution >= 4 is 11.8 Å². The van der Waals surface area contributed by atoms with Gasteiger partial charge in [-0.1, -0.05) is 18.2 Å². The number of aryl methyl sites for hydroxylation is 1. The molecule has 1 aliphatic rings. The Labute approximate surface area is 159 Å². The third kappa shape index (κ3) is 4.67. The molecule has 0 spiro atoms. The van der Waals surface area contributed by atoms with Crippen LogP contribution in [0.25, 0.3) is 0 Å². The first-order chi connectivity index (χ1) is 13.1. The van der Waals surface area contributed by atoms with E-state index in [1.165, 1.54) is 0 Å². The van der Waals surface area contributed by atoms with Crippen molar-refractivity contribution in [3.63, 3.8) is 0 Å². The van der Waals surface area contributed by atoms with Crippen molar-refractivity contribution in [1.29, 1.82) is 0 Å². The number of carbonyl (C=O) groups is 2. The van der Waals surface area contributed by atoms with E-state index in [-0.39, 0.29) is 18.4 Å². The number of carbonyl (C=O) groups excluding carboxylic acids is 2. The summed E-state index contributed by atoms with van der Waals surface area (Å²) in [5, 5.41) is 0. The standard InChI is InChI=1S/C20H26N4O3/c1-27-17-7-3-2-5-15(17)8-9-19(26)23-11-4-6-16(13-23)20-22-10-12-24(20)14-18(21)25/h2-3,5,7,10,12,16H,4,6,8-9,11,13-14H2,1H3,(H2,21,25)/t16-/m0/s1. The molecule has 1 aromatic heterocycles. The average molecular weight is 370 g/mol. The van der Waals surface area contributed by atoms with Crippen LogP contribution in [0.15, 0.2) is 36.7 Å². The van der Waals surface area contributed by atoms with E-state index in [0.29, 0.717) is 19.4 Å². The summed E-state index contributed by atoms with van der Waals surface area (Å²) in [4.78, 5) is 30.3. The molecule has 27 heavy (non-hydrogen) atoms. The monoisotopic (exact) mass is 370 g/mol. The molecule has 2 N–H and O–H groups in total. The number of ether oxygens (including phenoxy) is 1. The molecule has 1 aromatic carbocycles. The largest absolute Gasteiger partial charge is 0.496 e. The number of para-hydroxylation sites is 1. The molecule has 2 amide bonds. The van der Waals surface area contributed by atoms with E-state index < -0.39 is 5.91 Å². The van der Waals surface area contributed by atoms with Crippen LogP contribution in [0, 0.1) is 0 Å². The maximum Gasteiger partial charge on any atom is 0.237 e. The molecule has 3 rings (SSSR count). The summed E-state index contributed by atoms with van der Waals surface area (Å²) in [5.41, 5.74) is 6.35. The Hall–Kier alpha value is -2.83. The van der Waals surface area contributed by atoms with Crippen LogP contribution in [0.2, 0.25) is 0 Å². The van der Waals surface area contributed by atoms with Crippen LogP contribution in [0.4, 0.5) is 0 Å². The smallest absolute Gasteiger partial charge is 0.237 e. The zero-order valence-corrected chi connectivity index (χ0v) is 15.6. The Morgan fingerprint density at radius 2 is 2.15 bits per heavy atom. The minimum absolute atomic E-state index is 0.119. The number of primary amides is 1. The first kappa shape index (κ1) is 18.9. The lowest BCUT2D eigenvalue weighted by molar-refractivity contribution is -0.132. The van der Waals surface area contributed by atoms with E-state index in [9.17, 15) is 9.59 Å². The molecule has 7 nitrogen and oxygen atoms in total. The maximum atomic E-state index is 12.7. The van der Waals surface area contributed by atoms with Gasteiger partial charge in [-0.25, -0.2) is 4.98 Å². The van der Waals surface area contributed by atoms with Crippen molar-refractivity contribution in [3.05, 3.63) is 48.0 Å². The van der Waals surface area contributed by atoms with Gasteiger partial charge in [0.1, 0.15) is 18.1 Å². The number of methoxy groups -OCH3 is 1. The second-order valence-electron chi connectivity index (χ2n) is 6.87. The topological polar surface area (TPSA) is 90.4 Å². The van der Waals surface area contributed by atoms with Crippen molar-refractivity contribution in [1.82, 2.24) is 14.5 Å². The molecule has 2 heterocycles. The number of aromatic nitrogens is 2. The summed E-state index contributed by atoms with van der Waals surface area (Å²) >= 11 is 0. The van der Waals surface area contributed by atoms with Crippen LogP contribution < -0.4 is 10.5 Å². The maximum absolute atomic E-state index is 12.7. The third-order valence-electron chi connectivity index (χ3n) is 5.01. The molecule has 1 atom stereocenters. The molecule has 1 saturated heterocycles. The van der Waals surface area contributed by atoms with E-state index in [1.54, 1.807) is 24.1 Å². The average Bonchev–Trinajstić information content (AvgIpc) is 3.13. The second-order valence-corrected chi connectivity index (χ2v) is 6.87. The number of likely N-dealkylation sites (tertiary alicyclic amines) is 1. The van der Waals surface area contributed by atoms with E-state index in [0.717, 1.165) is 36.5 Å². The van der Waals surface area contributed by atoms with E-state index in [4.69, 9.17) is 10.5 Å². The molecule has 1 aliphatic heterocycles. The van der Waals surface area contributed by atoms with Gasteiger partial charge in [0.15, 0.2) is 0 Å². The number of nitrogens with zero attached hydrogens (tertiary/aromatic N) is 3. The fourth-order valence-corrected chi connectivity index (χ4v) is 3.71. The first-order valence-electron chi connectivity index (χ1n) is 9.27. The summed E-state index contributed by atoms with van der Waals surface area (Å²) in [6.07, 6.45) is 6.42. The van der Waals surface area contributed by atoms with Gasteiger partial charge in [-0.05, 0) is 30.9 Å². The highest BCUT2D eigenvalue weighted by Crippen LogP contribution is 2.27. The van der Waals surface area contributed by atoms with Crippen LogP contribution in [-0.2, 0) is 22.6 Å². The Balaban J connectivity index is 1.61. The van der Waals surface area contributed by atoms with Gasteiger partial charge in [0.05, 0.1) is 7.11 Å². The van der Waals surface area contributed by atoms with Gasteiger partial charge < -0.3 is 19.9 Å². The van der Waals surface area contributed by atoms with Gasteiger partial charge in [-0.3, -0.25) is 9.59 Å². The zero-order chi connectivity index (χ0) is 19.2. The third-order valence-corrected chi connectivity index (χ3v) is 5.01. The quantitative estimate of drug-likeness (QED) is 0.803. The number of benzene rings is 1. The highest BCUT2D eigenvalue weighted by atomic mass is 16.5. The first-order valence-corrected chi connectivity index (χ1v) is 9.27. The predicted molar refractivity (Wildman–Crippen MR) is 101 cm³/mol. The summed E-state index contributed by atoms with van der Waals surface area (Å²) in [6.45, 7) is 1.51. The van der Waals surface area contributed by atoms with Crippen molar-refractivity contribution in [3.8, 4) is 5.75 Å². The fourth-order valence-electron chi connectivity index (χ4n) is 3.71. The van der Waals surface area contributed by atoms with Crippen molar-refractivity contribution in [2.75, 3.05) is 20.2 Å². The Morgan fingerprint density at radius 1 is 1.33 bits per heavy atom. The summed E-state index contributed by atoms with van der Waals surface area (Å²) in [6, 6.07) is 7.78. The molecule has 0 aliphatic carbocycles. The second kappa shape index (κ2) is 8.70. The predicted octanol–water partition coefficient (Wildman–Crippen LogP) is 1.72. The minimum atomic E-state index is -0.394. The molecular weight excluding hydrogens is 344 g/mol.